The molecule has 0 saturated carbocycles. The van der Waals surface area contributed by atoms with E-state index in [1.165, 1.54) is 18.5 Å². The lowest BCUT2D eigenvalue weighted by Crippen LogP contribution is -2.44. The van der Waals surface area contributed by atoms with Gasteiger partial charge in [0, 0.05) is 37.2 Å². The Balaban J connectivity index is 1.86. The zero-order valence-electron chi connectivity index (χ0n) is 12.9. The van der Waals surface area contributed by atoms with Crippen LogP contribution in [0.2, 0.25) is 0 Å². The summed E-state index contributed by atoms with van der Waals surface area (Å²) in [4.78, 5) is 6.72. The number of hydrogen-bond acceptors (Lipinski definition) is 2. The molecule has 5 heteroatoms. The Kier molecular flexibility index (Phi) is 6.36. The lowest BCUT2D eigenvalue weighted by Gasteiger charge is -2.21. The van der Waals surface area contributed by atoms with E-state index in [0.717, 1.165) is 36.5 Å². The Hall–Kier alpha value is -1.23. The third kappa shape index (κ3) is 4.63. The van der Waals surface area contributed by atoms with Crippen molar-refractivity contribution in [1.29, 1.82) is 0 Å². The monoisotopic (exact) mass is 352 g/mol. The summed E-state index contributed by atoms with van der Waals surface area (Å²) < 4.78 is 1.16. The van der Waals surface area contributed by atoms with E-state index >= 15 is 0 Å². The molecule has 1 heterocycles. The number of para-hydroxylation sites is 1. The van der Waals surface area contributed by atoms with E-state index in [9.17, 15) is 0 Å². The van der Waals surface area contributed by atoms with Crippen molar-refractivity contribution in [2.45, 2.75) is 32.2 Å². The highest BCUT2D eigenvalue weighted by Gasteiger charge is 2.24. The minimum absolute atomic E-state index is 0.449. The van der Waals surface area contributed by atoms with Crippen LogP contribution in [0.5, 0.6) is 0 Å². The fraction of sp³-hybridized carbons (Fsp3) is 0.562. The zero-order chi connectivity index (χ0) is 15.1. The maximum Gasteiger partial charge on any atom is 0.191 e. The molecule has 116 valence electrons. The molecular weight excluding hydrogens is 328 g/mol. The summed E-state index contributed by atoms with van der Waals surface area (Å²) in [7, 11) is 1.84. The molecule has 1 atom stereocenters. The van der Waals surface area contributed by atoms with Crippen LogP contribution in [0.1, 0.15) is 26.2 Å². The summed E-state index contributed by atoms with van der Waals surface area (Å²) in [6.07, 6.45) is 3.51. The molecule has 1 fully saturated rings. The molecule has 2 N–H and O–H groups in total. The third-order valence-electron chi connectivity index (χ3n) is 3.77. The molecule has 4 nitrogen and oxygen atoms in total. The molecule has 0 spiro atoms. The van der Waals surface area contributed by atoms with Gasteiger partial charge in [0.05, 0.1) is 5.69 Å². The highest BCUT2D eigenvalue weighted by atomic mass is 79.9. The summed E-state index contributed by atoms with van der Waals surface area (Å²) >= 11 is 3.63. The minimum atomic E-state index is 0.449. The molecule has 2 rings (SSSR count). The molecule has 0 amide bonds. The maximum atomic E-state index is 4.31. The maximum absolute atomic E-state index is 4.31. The normalized spacial score (nSPS) is 18.9. The summed E-state index contributed by atoms with van der Waals surface area (Å²) in [6.45, 7) is 5.27. The fourth-order valence-corrected chi connectivity index (χ4v) is 3.11. The number of benzene rings is 1. The van der Waals surface area contributed by atoms with Crippen molar-refractivity contribution in [3.8, 4) is 0 Å². The molecule has 1 aromatic carbocycles. The average Bonchev–Trinajstić information content (AvgIpc) is 2.95. The lowest BCUT2D eigenvalue weighted by atomic mass is 10.2. The lowest BCUT2D eigenvalue weighted by molar-refractivity contribution is 0.641. The summed E-state index contributed by atoms with van der Waals surface area (Å²) in [6, 6.07) is 8.86. The van der Waals surface area contributed by atoms with Crippen LogP contribution in [0.4, 0.5) is 5.69 Å². The molecule has 0 radical (unpaired) electrons. The Morgan fingerprint density at radius 3 is 2.95 bits per heavy atom. The number of unbranched alkanes of at least 4 members (excludes halogenated alkanes) is 1. The first-order valence-corrected chi connectivity index (χ1v) is 8.50. The number of aliphatic imine (C=N–C) groups is 1. The predicted molar refractivity (Wildman–Crippen MR) is 94.2 cm³/mol. The van der Waals surface area contributed by atoms with Crippen molar-refractivity contribution >= 4 is 27.6 Å². The van der Waals surface area contributed by atoms with Crippen LogP contribution in [0, 0.1) is 0 Å². The van der Waals surface area contributed by atoms with E-state index in [2.05, 4.69) is 67.6 Å². The molecule has 21 heavy (non-hydrogen) atoms. The van der Waals surface area contributed by atoms with Gasteiger partial charge in [0.2, 0.25) is 0 Å². The van der Waals surface area contributed by atoms with E-state index in [4.69, 9.17) is 0 Å². The van der Waals surface area contributed by atoms with Crippen LogP contribution in [0.25, 0.3) is 0 Å². The van der Waals surface area contributed by atoms with Gasteiger partial charge in [-0.1, -0.05) is 25.5 Å². The van der Waals surface area contributed by atoms with Crippen LogP contribution in [-0.2, 0) is 0 Å². The first-order chi connectivity index (χ1) is 10.2. The molecule has 1 aliphatic heterocycles. The molecule has 1 unspecified atom stereocenters. The Bertz CT molecular complexity index is 475. The molecule has 1 aromatic rings. The molecule has 0 aromatic heterocycles. The zero-order valence-corrected chi connectivity index (χ0v) is 14.5. The van der Waals surface area contributed by atoms with Gasteiger partial charge < -0.3 is 15.5 Å². The van der Waals surface area contributed by atoms with Gasteiger partial charge in [-0.2, -0.15) is 0 Å². The number of nitrogens with one attached hydrogen (secondary N) is 2. The number of halogens is 1. The van der Waals surface area contributed by atoms with Gasteiger partial charge in [-0.25, -0.2) is 0 Å². The van der Waals surface area contributed by atoms with Crippen molar-refractivity contribution in [1.82, 2.24) is 10.6 Å². The van der Waals surface area contributed by atoms with E-state index in [1.54, 1.807) is 0 Å². The second-order valence-electron chi connectivity index (χ2n) is 5.38. The van der Waals surface area contributed by atoms with Crippen LogP contribution in [-0.4, -0.2) is 38.7 Å². The van der Waals surface area contributed by atoms with Gasteiger partial charge in [0.1, 0.15) is 0 Å². The number of nitrogens with zero attached hydrogens (tertiary/aromatic N) is 2. The predicted octanol–water partition coefficient (Wildman–Crippen LogP) is 2.99. The average molecular weight is 353 g/mol. The second-order valence-corrected chi connectivity index (χ2v) is 6.23. The highest BCUT2D eigenvalue weighted by Crippen LogP contribution is 2.28. The van der Waals surface area contributed by atoms with Gasteiger partial charge in [-0.3, -0.25) is 4.99 Å². The van der Waals surface area contributed by atoms with E-state index in [1.807, 2.05) is 7.05 Å². The second kappa shape index (κ2) is 8.27. The fourth-order valence-electron chi connectivity index (χ4n) is 2.58. The third-order valence-corrected chi connectivity index (χ3v) is 4.44. The van der Waals surface area contributed by atoms with Crippen LogP contribution in [0.3, 0.4) is 0 Å². The van der Waals surface area contributed by atoms with Crippen molar-refractivity contribution in [2.24, 2.45) is 4.99 Å². The number of anilines is 1. The van der Waals surface area contributed by atoms with Crippen molar-refractivity contribution in [2.75, 3.05) is 31.6 Å². The van der Waals surface area contributed by atoms with Crippen molar-refractivity contribution in [3.05, 3.63) is 28.7 Å². The number of rotatable bonds is 5. The van der Waals surface area contributed by atoms with Gasteiger partial charge in [0.25, 0.3) is 0 Å². The molecule has 0 aliphatic carbocycles. The largest absolute Gasteiger partial charge is 0.368 e. The first kappa shape index (κ1) is 16.1. The topological polar surface area (TPSA) is 39.7 Å². The van der Waals surface area contributed by atoms with Crippen molar-refractivity contribution in [3.63, 3.8) is 0 Å². The summed E-state index contributed by atoms with van der Waals surface area (Å²) in [5.74, 6) is 0.919. The van der Waals surface area contributed by atoms with E-state index in [0.29, 0.717) is 6.04 Å². The Morgan fingerprint density at radius 1 is 1.43 bits per heavy atom. The minimum Gasteiger partial charge on any atom is -0.368 e. The number of hydrogen-bond donors (Lipinski definition) is 2. The van der Waals surface area contributed by atoms with Crippen LogP contribution < -0.4 is 15.5 Å². The quantitative estimate of drug-likeness (QED) is 0.486. The van der Waals surface area contributed by atoms with Gasteiger partial charge in [-0.15, -0.1) is 0 Å². The number of guanidine groups is 1. The standard InChI is InChI=1S/C16H25BrN4/c1-3-4-10-19-16(18-2)20-13-9-11-21(12-13)15-8-6-5-7-14(15)17/h5-8,13H,3-4,9-12H2,1-2H3,(H2,18,19,20). The van der Waals surface area contributed by atoms with E-state index in [-0.39, 0.29) is 0 Å². The Labute approximate surface area is 136 Å². The van der Waals surface area contributed by atoms with Gasteiger partial charge in [0.15, 0.2) is 5.96 Å². The smallest absolute Gasteiger partial charge is 0.191 e. The SMILES string of the molecule is CCCCNC(=NC)NC1CCN(c2ccccc2Br)C1. The molecule has 1 saturated heterocycles. The van der Waals surface area contributed by atoms with E-state index < -0.39 is 0 Å². The molecular formula is C16H25BrN4. The molecule has 0 bridgehead atoms. The highest BCUT2D eigenvalue weighted by molar-refractivity contribution is 9.10. The van der Waals surface area contributed by atoms with Crippen LogP contribution >= 0.6 is 15.9 Å². The van der Waals surface area contributed by atoms with Gasteiger partial charge >= 0.3 is 0 Å². The van der Waals surface area contributed by atoms with Crippen LogP contribution in [0.15, 0.2) is 33.7 Å². The van der Waals surface area contributed by atoms with Crippen molar-refractivity contribution < 1.29 is 0 Å². The first-order valence-electron chi connectivity index (χ1n) is 7.71. The Morgan fingerprint density at radius 2 is 2.24 bits per heavy atom. The molecule has 1 aliphatic rings. The van der Waals surface area contributed by atoms with Gasteiger partial charge in [-0.05, 0) is 40.9 Å². The summed E-state index contributed by atoms with van der Waals surface area (Å²) in [5.41, 5.74) is 1.27. The summed E-state index contributed by atoms with van der Waals surface area (Å²) in [5, 5.41) is 6.90.